The number of aryl methyl sites for hydroxylation is 1. The standard InChI is InChI=1S/C17H18FNO3S/c1-12-6-7-15(9-16(12)18)23(20,21)19-10-13-8-14-4-2-3-5-17(14)22-11-13/h2-7,9,13,19H,8,10-11H2,1H3. The number of halogens is 1. The smallest absolute Gasteiger partial charge is 0.240 e. The summed E-state index contributed by atoms with van der Waals surface area (Å²) < 4.78 is 46.3. The Morgan fingerprint density at radius 2 is 2.04 bits per heavy atom. The number of ether oxygens (including phenoxy) is 1. The number of sulfonamides is 1. The van der Waals surface area contributed by atoms with Crippen LogP contribution in [0.5, 0.6) is 5.75 Å². The molecule has 122 valence electrons. The average Bonchev–Trinajstić information content (AvgIpc) is 2.55. The Balaban J connectivity index is 1.67. The summed E-state index contributed by atoms with van der Waals surface area (Å²) in [6, 6.07) is 11.6. The minimum atomic E-state index is -3.72. The van der Waals surface area contributed by atoms with Gasteiger partial charge in [-0.2, -0.15) is 0 Å². The van der Waals surface area contributed by atoms with Crippen molar-refractivity contribution in [1.29, 1.82) is 0 Å². The van der Waals surface area contributed by atoms with Crippen molar-refractivity contribution in [3.63, 3.8) is 0 Å². The van der Waals surface area contributed by atoms with E-state index in [-0.39, 0.29) is 17.4 Å². The first-order valence-corrected chi connectivity index (χ1v) is 8.90. The van der Waals surface area contributed by atoms with Gasteiger partial charge in [0.05, 0.1) is 11.5 Å². The molecule has 23 heavy (non-hydrogen) atoms. The minimum absolute atomic E-state index is 0.0509. The second-order valence-corrected chi connectivity index (χ2v) is 7.52. The topological polar surface area (TPSA) is 55.4 Å². The van der Waals surface area contributed by atoms with Gasteiger partial charge < -0.3 is 4.74 Å². The van der Waals surface area contributed by atoms with E-state index in [0.717, 1.165) is 23.8 Å². The van der Waals surface area contributed by atoms with E-state index in [1.165, 1.54) is 12.1 Å². The highest BCUT2D eigenvalue weighted by Gasteiger charge is 2.22. The lowest BCUT2D eigenvalue weighted by atomic mass is 9.97. The predicted molar refractivity (Wildman–Crippen MR) is 85.5 cm³/mol. The molecule has 1 aliphatic heterocycles. The van der Waals surface area contributed by atoms with Crippen molar-refractivity contribution >= 4 is 10.0 Å². The largest absolute Gasteiger partial charge is 0.493 e. The van der Waals surface area contributed by atoms with Crippen molar-refractivity contribution in [1.82, 2.24) is 4.72 Å². The van der Waals surface area contributed by atoms with Gasteiger partial charge in [-0.25, -0.2) is 17.5 Å². The highest BCUT2D eigenvalue weighted by Crippen LogP contribution is 2.26. The van der Waals surface area contributed by atoms with Crippen LogP contribution in [-0.2, 0) is 16.4 Å². The van der Waals surface area contributed by atoms with Gasteiger partial charge in [-0.1, -0.05) is 24.3 Å². The number of hydrogen-bond acceptors (Lipinski definition) is 3. The van der Waals surface area contributed by atoms with Gasteiger partial charge in [-0.15, -0.1) is 0 Å². The van der Waals surface area contributed by atoms with Crippen LogP contribution in [0.15, 0.2) is 47.4 Å². The Hall–Kier alpha value is -1.92. The fourth-order valence-corrected chi connectivity index (χ4v) is 3.70. The van der Waals surface area contributed by atoms with E-state index in [1.807, 2.05) is 24.3 Å². The third kappa shape index (κ3) is 3.54. The van der Waals surface area contributed by atoms with Gasteiger partial charge in [0.25, 0.3) is 0 Å². The monoisotopic (exact) mass is 335 g/mol. The van der Waals surface area contributed by atoms with Crippen molar-refractivity contribution < 1.29 is 17.5 Å². The zero-order valence-electron chi connectivity index (χ0n) is 12.8. The molecule has 0 spiro atoms. The molecular formula is C17H18FNO3S. The lowest BCUT2D eigenvalue weighted by Crippen LogP contribution is -2.34. The SMILES string of the molecule is Cc1ccc(S(=O)(=O)NCC2COc3ccccc3C2)cc1F. The fourth-order valence-electron chi connectivity index (χ4n) is 2.57. The van der Waals surface area contributed by atoms with Crippen LogP contribution < -0.4 is 9.46 Å². The predicted octanol–water partition coefficient (Wildman–Crippen LogP) is 2.66. The molecule has 1 N–H and O–H groups in total. The van der Waals surface area contributed by atoms with Crippen LogP contribution in [0.1, 0.15) is 11.1 Å². The Kier molecular flexibility index (Phi) is 4.37. The maximum atomic E-state index is 13.6. The van der Waals surface area contributed by atoms with Crippen molar-refractivity contribution in [2.45, 2.75) is 18.2 Å². The molecule has 0 aliphatic carbocycles. The maximum Gasteiger partial charge on any atom is 0.240 e. The molecule has 1 atom stereocenters. The van der Waals surface area contributed by atoms with E-state index < -0.39 is 15.8 Å². The van der Waals surface area contributed by atoms with Gasteiger partial charge in [0.1, 0.15) is 11.6 Å². The van der Waals surface area contributed by atoms with Crippen molar-refractivity contribution in [3.8, 4) is 5.75 Å². The van der Waals surface area contributed by atoms with Gasteiger partial charge >= 0.3 is 0 Å². The summed E-state index contributed by atoms with van der Waals surface area (Å²) in [6.07, 6.45) is 0.751. The second kappa shape index (κ2) is 6.29. The normalized spacial score (nSPS) is 17.4. The van der Waals surface area contributed by atoms with Crippen LogP contribution in [0.3, 0.4) is 0 Å². The molecule has 0 saturated heterocycles. The Bertz CT molecular complexity index is 820. The molecule has 1 heterocycles. The van der Waals surface area contributed by atoms with E-state index in [0.29, 0.717) is 12.2 Å². The molecule has 1 unspecified atom stereocenters. The molecule has 0 radical (unpaired) electrons. The summed E-state index contributed by atoms with van der Waals surface area (Å²) in [5, 5.41) is 0. The van der Waals surface area contributed by atoms with Gasteiger partial charge in [0, 0.05) is 12.5 Å². The Morgan fingerprint density at radius 1 is 1.26 bits per heavy atom. The molecule has 0 amide bonds. The first kappa shape index (κ1) is 16.0. The van der Waals surface area contributed by atoms with Crippen molar-refractivity contribution in [2.24, 2.45) is 5.92 Å². The second-order valence-electron chi connectivity index (χ2n) is 5.75. The molecule has 0 bridgehead atoms. The molecule has 2 aromatic carbocycles. The Labute approximate surface area is 135 Å². The van der Waals surface area contributed by atoms with Crippen LogP contribution >= 0.6 is 0 Å². The highest BCUT2D eigenvalue weighted by atomic mass is 32.2. The van der Waals surface area contributed by atoms with Crippen LogP contribution in [0, 0.1) is 18.7 Å². The molecule has 1 aliphatic rings. The van der Waals surface area contributed by atoms with Gasteiger partial charge in [-0.3, -0.25) is 0 Å². The van der Waals surface area contributed by atoms with Crippen molar-refractivity contribution in [3.05, 3.63) is 59.4 Å². The van der Waals surface area contributed by atoms with Crippen molar-refractivity contribution in [2.75, 3.05) is 13.2 Å². The average molecular weight is 335 g/mol. The number of benzene rings is 2. The molecule has 3 rings (SSSR count). The van der Waals surface area contributed by atoms with E-state index in [1.54, 1.807) is 6.92 Å². The van der Waals surface area contributed by atoms with Crippen LogP contribution in [0.4, 0.5) is 4.39 Å². The summed E-state index contributed by atoms with van der Waals surface area (Å²) in [5.74, 6) is 0.380. The third-order valence-electron chi connectivity index (χ3n) is 3.97. The van der Waals surface area contributed by atoms with E-state index in [2.05, 4.69) is 4.72 Å². The molecule has 0 fully saturated rings. The molecule has 4 nitrogen and oxygen atoms in total. The summed E-state index contributed by atoms with van der Waals surface area (Å²) in [6.45, 7) is 2.31. The fraction of sp³-hybridized carbons (Fsp3) is 0.294. The summed E-state index contributed by atoms with van der Waals surface area (Å²) in [4.78, 5) is -0.0577. The third-order valence-corrected chi connectivity index (χ3v) is 5.39. The first-order chi connectivity index (χ1) is 11.0. The minimum Gasteiger partial charge on any atom is -0.493 e. The van der Waals surface area contributed by atoms with E-state index in [9.17, 15) is 12.8 Å². The van der Waals surface area contributed by atoms with Gasteiger partial charge in [-0.05, 0) is 42.7 Å². The molecule has 2 aromatic rings. The van der Waals surface area contributed by atoms with Gasteiger partial charge in [0.15, 0.2) is 0 Å². The lowest BCUT2D eigenvalue weighted by molar-refractivity contribution is 0.223. The zero-order chi connectivity index (χ0) is 16.4. The quantitative estimate of drug-likeness (QED) is 0.934. The molecule has 0 aromatic heterocycles. The molecular weight excluding hydrogens is 317 g/mol. The molecule has 0 saturated carbocycles. The van der Waals surface area contributed by atoms with Crippen LogP contribution in [0.25, 0.3) is 0 Å². The zero-order valence-corrected chi connectivity index (χ0v) is 13.6. The number of rotatable bonds is 4. The maximum absolute atomic E-state index is 13.6. The van der Waals surface area contributed by atoms with E-state index >= 15 is 0 Å². The number of nitrogens with one attached hydrogen (secondary N) is 1. The summed E-state index contributed by atoms with van der Waals surface area (Å²) >= 11 is 0. The molecule has 6 heteroatoms. The number of fused-ring (bicyclic) bond motifs is 1. The number of para-hydroxylation sites is 1. The lowest BCUT2D eigenvalue weighted by Gasteiger charge is -2.25. The first-order valence-electron chi connectivity index (χ1n) is 7.42. The number of hydrogen-bond donors (Lipinski definition) is 1. The van der Waals surface area contributed by atoms with Crippen LogP contribution in [-0.4, -0.2) is 21.6 Å². The van der Waals surface area contributed by atoms with Gasteiger partial charge in [0.2, 0.25) is 10.0 Å². The summed E-state index contributed by atoms with van der Waals surface area (Å²) in [5.41, 5.74) is 1.49. The van der Waals surface area contributed by atoms with Crippen LogP contribution in [0.2, 0.25) is 0 Å². The van der Waals surface area contributed by atoms with E-state index in [4.69, 9.17) is 4.74 Å². The summed E-state index contributed by atoms with van der Waals surface area (Å²) in [7, 11) is -3.72. The highest BCUT2D eigenvalue weighted by molar-refractivity contribution is 7.89. The Morgan fingerprint density at radius 3 is 2.83 bits per heavy atom.